The van der Waals surface area contributed by atoms with E-state index in [1.54, 1.807) is 46.9 Å². The van der Waals surface area contributed by atoms with E-state index in [1.165, 1.54) is 0 Å². The molecule has 0 aliphatic rings. The van der Waals surface area contributed by atoms with Crippen LogP contribution in [0.2, 0.25) is 5.02 Å². The summed E-state index contributed by atoms with van der Waals surface area (Å²) in [6.07, 6.45) is 5.29. The Morgan fingerprint density at radius 1 is 1.37 bits per heavy atom. The Bertz CT molecular complexity index is 1070. The Hall–Kier alpha value is -3.15. The number of amides is 1. The van der Waals surface area contributed by atoms with Crippen molar-refractivity contribution in [2.24, 2.45) is 0 Å². The second-order valence-corrected chi connectivity index (χ2v) is 7.65. The van der Waals surface area contributed by atoms with Crippen molar-refractivity contribution in [2.45, 2.75) is 45.5 Å². The Balaban J connectivity index is 1.58. The number of nitrogens with zero attached hydrogens (tertiary/aromatic N) is 5. The lowest BCUT2D eigenvalue weighted by atomic mass is 10.1. The highest BCUT2D eigenvalue weighted by atomic mass is 35.5. The van der Waals surface area contributed by atoms with Gasteiger partial charge in [-0.25, -0.2) is 4.98 Å². The third-order valence-electron chi connectivity index (χ3n) is 4.54. The largest absolute Gasteiger partial charge is 0.393 e. The molecule has 0 aliphatic heterocycles. The van der Waals surface area contributed by atoms with Crippen LogP contribution in [0, 0.1) is 11.3 Å². The molecular weight excluding hydrogens is 404 g/mol. The quantitative estimate of drug-likeness (QED) is 0.575. The number of aromatic nitrogens is 4. The third-order valence-corrected chi connectivity index (χ3v) is 4.85. The zero-order valence-electron chi connectivity index (χ0n) is 16.8. The maximum atomic E-state index is 12.4. The van der Waals surface area contributed by atoms with Gasteiger partial charge in [-0.1, -0.05) is 17.7 Å². The van der Waals surface area contributed by atoms with Crippen LogP contribution in [0.15, 0.2) is 43.0 Å². The van der Waals surface area contributed by atoms with Crippen LogP contribution >= 0.6 is 11.6 Å². The number of aliphatic hydroxyl groups excluding tert-OH is 1. The average molecular weight is 427 g/mol. The summed E-state index contributed by atoms with van der Waals surface area (Å²) in [5, 5.41) is 26.2. The van der Waals surface area contributed by atoms with E-state index in [1.807, 2.05) is 25.3 Å². The van der Waals surface area contributed by atoms with Gasteiger partial charge in [0.15, 0.2) is 0 Å². The zero-order chi connectivity index (χ0) is 21.7. The maximum absolute atomic E-state index is 12.4. The summed E-state index contributed by atoms with van der Waals surface area (Å²) >= 11 is 6.10. The number of carbonyl (C=O) groups excluding carboxylic acids is 1. The molecule has 1 aromatic carbocycles. The lowest BCUT2D eigenvalue weighted by Crippen LogP contribution is -2.36. The minimum atomic E-state index is -0.399. The topological polar surface area (TPSA) is 109 Å². The van der Waals surface area contributed by atoms with E-state index < -0.39 is 6.10 Å². The predicted molar refractivity (Wildman–Crippen MR) is 113 cm³/mol. The Morgan fingerprint density at radius 2 is 2.17 bits per heavy atom. The molecule has 0 saturated heterocycles. The van der Waals surface area contributed by atoms with Gasteiger partial charge in [-0.3, -0.25) is 9.48 Å². The first-order valence-corrected chi connectivity index (χ1v) is 9.97. The molecule has 3 aromatic rings. The molecule has 2 atom stereocenters. The minimum absolute atomic E-state index is 0.169. The Labute approximate surface area is 179 Å². The van der Waals surface area contributed by atoms with Crippen molar-refractivity contribution in [1.82, 2.24) is 24.6 Å². The highest BCUT2D eigenvalue weighted by Crippen LogP contribution is 2.24. The predicted octanol–water partition coefficient (Wildman–Crippen LogP) is 2.86. The molecule has 2 N–H and O–H groups in total. The lowest BCUT2D eigenvalue weighted by Gasteiger charge is -2.13. The SMILES string of the molecule is CC(Cn1ccc(-c2ccc(C#N)c(Cl)c2)n1)NC(=O)c1cn(CC[C@H](C)O)cn1. The standard InChI is InChI=1S/C21H23ClN6O2/c1-14(25-21(30)20-12-27(13-24-20)7-5-15(2)29)11-28-8-6-19(26-28)16-3-4-17(10-23)18(22)9-16/h3-4,6,8-9,12-15,29H,5,7,11H2,1-2H3,(H,25,30)/t14?,15-/m0/s1. The summed E-state index contributed by atoms with van der Waals surface area (Å²) in [6.45, 7) is 4.70. The third kappa shape index (κ3) is 5.47. The highest BCUT2D eigenvalue weighted by molar-refractivity contribution is 6.32. The first kappa shape index (κ1) is 21.6. The fourth-order valence-corrected chi connectivity index (χ4v) is 3.16. The molecule has 0 aliphatic carbocycles. The van der Waals surface area contributed by atoms with Gasteiger partial charge >= 0.3 is 0 Å². The van der Waals surface area contributed by atoms with Gasteiger partial charge in [0.05, 0.1) is 35.3 Å². The molecule has 2 aromatic heterocycles. The van der Waals surface area contributed by atoms with E-state index in [0.717, 1.165) is 11.3 Å². The van der Waals surface area contributed by atoms with Crippen molar-refractivity contribution in [3.05, 3.63) is 59.3 Å². The van der Waals surface area contributed by atoms with Gasteiger partial charge < -0.3 is 15.0 Å². The molecule has 8 nitrogen and oxygen atoms in total. The van der Waals surface area contributed by atoms with Crippen LogP contribution in [0.3, 0.4) is 0 Å². The van der Waals surface area contributed by atoms with Crippen LogP contribution in [0.4, 0.5) is 0 Å². The van der Waals surface area contributed by atoms with E-state index in [9.17, 15) is 9.90 Å². The van der Waals surface area contributed by atoms with Crippen LogP contribution in [0.1, 0.15) is 36.3 Å². The van der Waals surface area contributed by atoms with Gasteiger partial charge in [0.2, 0.25) is 0 Å². The fraction of sp³-hybridized carbons (Fsp3) is 0.333. The molecule has 2 heterocycles. The Kier molecular flexibility index (Phi) is 6.87. The molecule has 0 saturated carbocycles. The second-order valence-electron chi connectivity index (χ2n) is 7.24. The molecule has 0 fully saturated rings. The van der Waals surface area contributed by atoms with Crippen LogP contribution in [-0.4, -0.2) is 42.5 Å². The van der Waals surface area contributed by atoms with Crippen molar-refractivity contribution in [3.63, 3.8) is 0 Å². The molecular formula is C21H23ClN6O2. The number of nitriles is 1. The van der Waals surface area contributed by atoms with Crippen molar-refractivity contribution < 1.29 is 9.90 Å². The number of halogens is 1. The average Bonchev–Trinajstić information content (AvgIpc) is 3.36. The molecule has 30 heavy (non-hydrogen) atoms. The molecule has 0 spiro atoms. The monoisotopic (exact) mass is 426 g/mol. The lowest BCUT2D eigenvalue weighted by molar-refractivity contribution is 0.0931. The number of aryl methyl sites for hydroxylation is 1. The Morgan fingerprint density at radius 3 is 2.87 bits per heavy atom. The molecule has 9 heteroatoms. The molecule has 1 amide bonds. The van der Waals surface area contributed by atoms with Crippen molar-refractivity contribution in [3.8, 4) is 17.3 Å². The van der Waals surface area contributed by atoms with E-state index in [2.05, 4.69) is 15.4 Å². The van der Waals surface area contributed by atoms with Crippen molar-refractivity contribution in [2.75, 3.05) is 0 Å². The first-order chi connectivity index (χ1) is 14.4. The number of rotatable bonds is 8. The number of benzene rings is 1. The number of nitrogens with one attached hydrogen (secondary N) is 1. The number of hydrogen-bond acceptors (Lipinski definition) is 5. The zero-order valence-corrected chi connectivity index (χ0v) is 17.5. The fourth-order valence-electron chi connectivity index (χ4n) is 2.94. The van der Waals surface area contributed by atoms with E-state index >= 15 is 0 Å². The summed E-state index contributed by atoms with van der Waals surface area (Å²) in [5.74, 6) is -0.260. The molecule has 156 valence electrons. The molecule has 1 unspecified atom stereocenters. The first-order valence-electron chi connectivity index (χ1n) is 9.60. The van der Waals surface area contributed by atoms with Gasteiger partial charge in [-0.2, -0.15) is 10.4 Å². The van der Waals surface area contributed by atoms with Gasteiger partial charge in [0.1, 0.15) is 11.8 Å². The highest BCUT2D eigenvalue weighted by Gasteiger charge is 2.14. The van der Waals surface area contributed by atoms with Crippen LogP contribution in [0.5, 0.6) is 0 Å². The van der Waals surface area contributed by atoms with E-state index in [-0.39, 0.29) is 11.9 Å². The number of hydrogen-bond donors (Lipinski definition) is 2. The maximum Gasteiger partial charge on any atom is 0.271 e. The molecule has 0 radical (unpaired) electrons. The summed E-state index contributed by atoms with van der Waals surface area (Å²) in [5.41, 5.74) is 2.30. The van der Waals surface area contributed by atoms with Gasteiger partial charge in [0, 0.05) is 30.5 Å². The molecule has 3 rings (SSSR count). The minimum Gasteiger partial charge on any atom is -0.393 e. The number of imidazole rings is 1. The normalized spacial score (nSPS) is 12.9. The summed E-state index contributed by atoms with van der Waals surface area (Å²) < 4.78 is 3.53. The van der Waals surface area contributed by atoms with Gasteiger partial charge in [-0.15, -0.1) is 0 Å². The van der Waals surface area contributed by atoms with Crippen LogP contribution in [0.25, 0.3) is 11.3 Å². The van der Waals surface area contributed by atoms with Crippen LogP contribution < -0.4 is 5.32 Å². The van der Waals surface area contributed by atoms with Gasteiger partial charge in [0.25, 0.3) is 5.91 Å². The number of carbonyl (C=O) groups is 1. The van der Waals surface area contributed by atoms with Crippen molar-refractivity contribution >= 4 is 17.5 Å². The van der Waals surface area contributed by atoms with Crippen LogP contribution in [-0.2, 0) is 13.1 Å². The smallest absolute Gasteiger partial charge is 0.271 e. The van der Waals surface area contributed by atoms with Gasteiger partial charge in [-0.05, 0) is 38.5 Å². The molecule has 0 bridgehead atoms. The van der Waals surface area contributed by atoms with E-state index in [4.69, 9.17) is 16.9 Å². The van der Waals surface area contributed by atoms with Crippen molar-refractivity contribution in [1.29, 1.82) is 5.26 Å². The second kappa shape index (κ2) is 9.57. The summed E-state index contributed by atoms with van der Waals surface area (Å²) in [4.78, 5) is 16.5. The van der Waals surface area contributed by atoms with E-state index in [0.29, 0.717) is 35.8 Å². The summed E-state index contributed by atoms with van der Waals surface area (Å²) in [7, 11) is 0. The number of aliphatic hydroxyl groups is 1. The summed E-state index contributed by atoms with van der Waals surface area (Å²) in [6, 6.07) is 8.91.